The van der Waals surface area contributed by atoms with Gasteiger partial charge in [-0.25, -0.2) is 4.98 Å². The molecule has 0 bridgehead atoms. The molecule has 1 N–H and O–H groups in total. The number of rotatable bonds is 2. The van der Waals surface area contributed by atoms with E-state index in [2.05, 4.69) is 10.3 Å². The molecule has 4 heteroatoms. The number of hydrogen-bond donors (Lipinski definition) is 1. The highest BCUT2D eigenvalue weighted by molar-refractivity contribution is 7.13. The summed E-state index contributed by atoms with van der Waals surface area (Å²) in [4.78, 5) is 4.02. The van der Waals surface area contributed by atoms with E-state index in [1.165, 1.54) is 11.3 Å². The minimum absolute atomic E-state index is 0.611. The molecular weight excluding hydrogens is 156 g/mol. The maximum absolute atomic E-state index is 5.58. The molecule has 0 spiro atoms. The smallest absolute Gasteiger partial charge is 0.183 e. The monoisotopic (exact) mass is 162 g/mol. The molecule has 0 saturated heterocycles. The molecule has 50 valence electrons. The third-order valence-corrected chi connectivity index (χ3v) is 1.91. The Morgan fingerprint density at radius 2 is 2.67 bits per heavy atom. The molecule has 0 unspecified atom stereocenters. The third kappa shape index (κ3) is 1.93. The van der Waals surface area contributed by atoms with Crippen LogP contribution < -0.4 is 5.32 Å². The van der Waals surface area contributed by atoms with Crippen molar-refractivity contribution in [1.29, 1.82) is 0 Å². The lowest BCUT2D eigenvalue weighted by Crippen LogP contribution is -2.04. The Kier molecular flexibility index (Phi) is 2.45. The van der Waals surface area contributed by atoms with Crippen LogP contribution in [0.2, 0.25) is 4.47 Å². The van der Waals surface area contributed by atoms with Crippen LogP contribution in [-0.2, 0) is 6.54 Å². The summed E-state index contributed by atoms with van der Waals surface area (Å²) in [7, 11) is 1.88. The van der Waals surface area contributed by atoms with Crippen molar-refractivity contribution in [1.82, 2.24) is 10.3 Å². The molecule has 9 heavy (non-hydrogen) atoms. The molecule has 0 fully saturated rings. The first-order valence-corrected chi connectivity index (χ1v) is 3.83. The van der Waals surface area contributed by atoms with Gasteiger partial charge in [0.15, 0.2) is 4.47 Å². The summed E-state index contributed by atoms with van der Waals surface area (Å²) in [5.74, 6) is 0. The van der Waals surface area contributed by atoms with E-state index in [0.29, 0.717) is 4.47 Å². The first-order valence-electron chi connectivity index (χ1n) is 2.57. The molecule has 0 aliphatic rings. The van der Waals surface area contributed by atoms with E-state index < -0.39 is 0 Å². The average Bonchev–Trinajstić information content (AvgIpc) is 2.17. The predicted molar refractivity (Wildman–Crippen MR) is 39.9 cm³/mol. The van der Waals surface area contributed by atoms with Crippen LogP contribution in [0.1, 0.15) is 5.69 Å². The summed E-state index contributed by atoms with van der Waals surface area (Å²) in [5.41, 5.74) is 1.01. The molecule has 1 rings (SSSR count). The van der Waals surface area contributed by atoms with E-state index >= 15 is 0 Å². The Labute approximate surface area is 62.9 Å². The summed E-state index contributed by atoms with van der Waals surface area (Å²) in [6, 6.07) is 0. The first kappa shape index (κ1) is 6.99. The van der Waals surface area contributed by atoms with Crippen molar-refractivity contribution in [2.24, 2.45) is 0 Å². The van der Waals surface area contributed by atoms with Gasteiger partial charge in [0.25, 0.3) is 0 Å². The van der Waals surface area contributed by atoms with Gasteiger partial charge in [-0.1, -0.05) is 11.6 Å². The van der Waals surface area contributed by atoms with Crippen LogP contribution in [0.25, 0.3) is 0 Å². The van der Waals surface area contributed by atoms with Gasteiger partial charge in [0.1, 0.15) is 0 Å². The molecule has 1 heterocycles. The Morgan fingerprint density at radius 3 is 3.11 bits per heavy atom. The molecule has 0 aliphatic carbocycles. The second kappa shape index (κ2) is 3.15. The van der Waals surface area contributed by atoms with Gasteiger partial charge in [-0.15, -0.1) is 11.3 Å². The van der Waals surface area contributed by atoms with Crippen molar-refractivity contribution in [3.05, 3.63) is 15.5 Å². The maximum atomic E-state index is 5.58. The fourth-order valence-electron chi connectivity index (χ4n) is 0.545. The van der Waals surface area contributed by atoms with Gasteiger partial charge in [-0.2, -0.15) is 0 Å². The highest BCUT2D eigenvalue weighted by atomic mass is 35.5. The lowest BCUT2D eigenvalue weighted by Gasteiger charge is -1.88. The number of hydrogen-bond acceptors (Lipinski definition) is 3. The summed E-state index contributed by atoms with van der Waals surface area (Å²) in [6.45, 7) is 0.795. The van der Waals surface area contributed by atoms with Crippen LogP contribution in [0.4, 0.5) is 0 Å². The topological polar surface area (TPSA) is 24.9 Å². The van der Waals surface area contributed by atoms with Gasteiger partial charge >= 0.3 is 0 Å². The fourth-order valence-corrected chi connectivity index (χ4v) is 1.33. The van der Waals surface area contributed by atoms with E-state index in [-0.39, 0.29) is 0 Å². The molecular formula is C5H7ClN2S. The fraction of sp³-hybridized carbons (Fsp3) is 0.400. The highest BCUT2D eigenvalue weighted by Gasteiger charge is 1.95. The molecule has 1 aromatic heterocycles. The van der Waals surface area contributed by atoms with E-state index in [1.54, 1.807) is 0 Å². The first-order chi connectivity index (χ1) is 4.33. The number of aromatic nitrogens is 1. The largest absolute Gasteiger partial charge is 0.314 e. The minimum atomic E-state index is 0.611. The zero-order chi connectivity index (χ0) is 6.69. The lowest BCUT2D eigenvalue weighted by molar-refractivity contribution is 0.798. The van der Waals surface area contributed by atoms with Crippen LogP contribution in [0.15, 0.2) is 5.38 Å². The molecule has 0 aromatic carbocycles. The van der Waals surface area contributed by atoms with Crippen molar-refractivity contribution in [2.75, 3.05) is 7.05 Å². The molecule has 0 atom stereocenters. The van der Waals surface area contributed by atoms with E-state index in [0.717, 1.165) is 12.2 Å². The number of halogens is 1. The number of thiazole rings is 1. The van der Waals surface area contributed by atoms with Gasteiger partial charge in [0, 0.05) is 11.9 Å². The van der Waals surface area contributed by atoms with Crippen molar-refractivity contribution < 1.29 is 0 Å². The Morgan fingerprint density at radius 1 is 1.89 bits per heavy atom. The molecule has 0 amide bonds. The summed E-state index contributed by atoms with van der Waals surface area (Å²) in [5, 5.41) is 4.93. The van der Waals surface area contributed by atoms with E-state index in [4.69, 9.17) is 11.6 Å². The van der Waals surface area contributed by atoms with Crippen LogP contribution in [-0.4, -0.2) is 12.0 Å². The predicted octanol–water partition coefficient (Wildman–Crippen LogP) is 1.52. The lowest BCUT2D eigenvalue weighted by atomic mass is 10.5. The van der Waals surface area contributed by atoms with Gasteiger partial charge in [-0.3, -0.25) is 0 Å². The van der Waals surface area contributed by atoms with Crippen LogP contribution >= 0.6 is 22.9 Å². The van der Waals surface area contributed by atoms with Crippen LogP contribution in [0.3, 0.4) is 0 Å². The third-order valence-electron chi connectivity index (χ3n) is 0.882. The highest BCUT2D eigenvalue weighted by Crippen LogP contribution is 2.14. The van der Waals surface area contributed by atoms with Crippen LogP contribution in [0.5, 0.6) is 0 Å². The number of nitrogens with one attached hydrogen (secondary N) is 1. The Hall–Kier alpha value is -0.120. The number of nitrogens with zero attached hydrogens (tertiary/aromatic N) is 1. The van der Waals surface area contributed by atoms with Gasteiger partial charge in [0.05, 0.1) is 5.69 Å². The summed E-state index contributed by atoms with van der Waals surface area (Å²) >= 11 is 7.03. The Balaban J connectivity index is 2.61. The van der Waals surface area contributed by atoms with E-state index in [1.807, 2.05) is 12.4 Å². The van der Waals surface area contributed by atoms with Gasteiger partial charge < -0.3 is 5.32 Å². The van der Waals surface area contributed by atoms with Crippen molar-refractivity contribution in [3.63, 3.8) is 0 Å². The second-order valence-electron chi connectivity index (χ2n) is 1.62. The van der Waals surface area contributed by atoms with E-state index in [9.17, 15) is 0 Å². The quantitative estimate of drug-likeness (QED) is 0.714. The van der Waals surface area contributed by atoms with Gasteiger partial charge in [-0.05, 0) is 7.05 Å². The summed E-state index contributed by atoms with van der Waals surface area (Å²) in [6.07, 6.45) is 0. The van der Waals surface area contributed by atoms with Gasteiger partial charge in [0.2, 0.25) is 0 Å². The second-order valence-corrected chi connectivity index (χ2v) is 3.06. The molecule has 0 aliphatic heterocycles. The molecule has 2 nitrogen and oxygen atoms in total. The molecule has 0 saturated carbocycles. The molecule has 1 aromatic rings. The van der Waals surface area contributed by atoms with Crippen LogP contribution in [0, 0.1) is 0 Å². The minimum Gasteiger partial charge on any atom is -0.314 e. The van der Waals surface area contributed by atoms with Crippen molar-refractivity contribution in [3.8, 4) is 0 Å². The molecule has 0 radical (unpaired) electrons. The Bertz CT molecular complexity index is 187. The SMILES string of the molecule is CNCc1csc(Cl)n1. The van der Waals surface area contributed by atoms with Crippen molar-refractivity contribution >= 4 is 22.9 Å². The zero-order valence-electron chi connectivity index (χ0n) is 5.02. The summed E-state index contributed by atoms with van der Waals surface area (Å²) < 4.78 is 0.611. The maximum Gasteiger partial charge on any atom is 0.183 e. The standard InChI is InChI=1S/C5H7ClN2S/c1-7-2-4-3-9-5(6)8-4/h3,7H,2H2,1H3. The normalized spacial score (nSPS) is 10.0. The zero-order valence-corrected chi connectivity index (χ0v) is 6.59. The average molecular weight is 163 g/mol. The van der Waals surface area contributed by atoms with Crippen molar-refractivity contribution in [2.45, 2.75) is 6.54 Å².